The monoisotopic (exact) mass is 808 g/mol. The van der Waals surface area contributed by atoms with Crippen LogP contribution in [0.2, 0.25) is 0 Å². The van der Waals surface area contributed by atoms with E-state index in [0.717, 1.165) is 32.7 Å². The Balaban J connectivity index is 0.00000185. The first kappa shape index (κ1) is 51.3. The van der Waals surface area contributed by atoms with Crippen LogP contribution in [0.3, 0.4) is 0 Å². The van der Waals surface area contributed by atoms with E-state index in [0.29, 0.717) is 13.0 Å². The van der Waals surface area contributed by atoms with E-state index in [1.807, 2.05) is 6.92 Å². The summed E-state index contributed by atoms with van der Waals surface area (Å²) in [5.74, 6) is -0.711. The number of allylic oxidation sites excluding steroid dienone is 16. The lowest BCUT2D eigenvalue weighted by Crippen LogP contribution is -2.39. The highest BCUT2D eigenvalue weighted by Gasteiger charge is 2.27. The summed E-state index contributed by atoms with van der Waals surface area (Å²) in [5.41, 5.74) is 12.7. The van der Waals surface area contributed by atoms with Crippen molar-refractivity contribution >= 4 is 18.1 Å². The molecule has 0 aromatic carbocycles. The third kappa shape index (κ3) is 20.8. The van der Waals surface area contributed by atoms with Crippen molar-refractivity contribution in [2.45, 2.75) is 160 Å². The second kappa shape index (κ2) is 27.9. The first-order chi connectivity index (χ1) is 28.1. The normalized spacial score (nSPS) is 17.8. The van der Waals surface area contributed by atoms with Gasteiger partial charge in [0.1, 0.15) is 6.61 Å². The topological polar surface area (TPSA) is 62.4 Å². The van der Waals surface area contributed by atoms with Crippen molar-refractivity contribution in [3.8, 4) is 0 Å². The average Bonchev–Trinajstić information content (AvgIpc) is 3.15. The summed E-state index contributed by atoms with van der Waals surface area (Å²) in [4.78, 5) is 9.60. The van der Waals surface area contributed by atoms with E-state index in [2.05, 4.69) is 164 Å². The van der Waals surface area contributed by atoms with Gasteiger partial charge in [0.05, 0.1) is 6.61 Å². The van der Waals surface area contributed by atoms with Crippen molar-refractivity contribution < 1.29 is 19.2 Å². The maximum atomic E-state index is 9.60. The summed E-state index contributed by atoms with van der Waals surface area (Å²) in [7, 11) is 0. The van der Waals surface area contributed by atoms with Crippen molar-refractivity contribution in [3.05, 3.63) is 123 Å². The van der Waals surface area contributed by atoms with E-state index in [1.165, 1.54) is 103 Å². The van der Waals surface area contributed by atoms with E-state index >= 15 is 0 Å². The first-order valence-corrected chi connectivity index (χ1v) is 22.8. The molecule has 2 N–H and O–H groups in total. The molecule has 1 aromatic rings. The second-order valence-corrected chi connectivity index (χ2v) is 18.1. The van der Waals surface area contributed by atoms with Gasteiger partial charge in [0.25, 0.3) is 0 Å². The number of hydrogen-bond donors (Lipinski definition) is 2. The molecule has 2 aliphatic carbocycles. The van der Waals surface area contributed by atoms with Gasteiger partial charge in [-0.3, -0.25) is 4.79 Å². The number of aliphatic carboxylic acids is 1. The van der Waals surface area contributed by atoms with Crippen LogP contribution in [0.15, 0.2) is 112 Å². The molecule has 0 saturated carbocycles. The van der Waals surface area contributed by atoms with Crippen molar-refractivity contribution in [3.63, 3.8) is 0 Å². The van der Waals surface area contributed by atoms with Gasteiger partial charge in [-0.15, -0.1) is 0 Å². The third-order valence-electron chi connectivity index (χ3n) is 11.5. The molecule has 59 heavy (non-hydrogen) atoms. The third-order valence-corrected chi connectivity index (χ3v) is 11.5. The predicted octanol–water partition coefficient (Wildman–Crippen LogP) is 14.1. The summed E-state index contributed by atoms with van der Waals surface area (Å²) in [6.45, 7) is 29.0. The Morgan fingerprint density at radius 2 is 1.39 bits per heavy atom. The molecule has 0 atom stereocenters. The van der Waals surface area contributed by atoms with Crippen LogP contribution in [0.5, 0.6) is 0 Å². The molecule has 5 heteroatoms. The van der Waals surface area contributed by atoms with Crippen LogP contribution in [-0.4, -0.2) is 37.4 Å². The quantitative estimate of drug-likeness (QED) is 0.0696. The molecular weight excluding hydrogens is 725 g/mol. The van der Waals surface area contributed by atoms with Gasteiger partial charge in [0.15, 0.2) is 12.7 Å². The molecule has 3 rings (SSSR count). The lowest BCUT2D eigenvalue weighted by molar-refractivity contribution is -0.700. The van der Waals surface area contributed by atoms with Gasteiger partial charge in [-0.05, 0) is 126 Å². The highest BCUT2D eigenvalue weighted by atomic mass is 16.5. The zero-order valence-corrected chi connectivity index (χ0v) is 39.3. The molecule has 5 nitrogen and oxygen atoms in total. The number of unbranched alkanes of at least 4 members (excludes halogenated alkanes) is 3. The van der Waals surface area contributed by atoms with E-state index in [9.17, 15) is 4.79 Å². The van der Waals surface area contributed by atoms with E-state index in [4.69, 9.17) is 9.84 Å². The van der Waals surface area contributed by atoms with Gasteiger partial charge >= 0.3 is 5.97 Å². The van der Waals surface area contributed by atoms with Gasteiger partial charge in [-0.25, -0.2) is 0 Å². The summed E-state index contributed by atoms with van der Waals surface area (Å²) >= 11 is 0. The number of aromatic nitrogens is 1. The molecule has 1 heterocycles. The molecule has 0 radical (unpaired) electrons. The summed E-state index contributed by atoms with van der Waals surface area (Å²) in [6, 6.07) is 4.49. The number of rotatable bonds is 22. The maximum Gasteiger partial charge on any atom is 0.303 e. The Morgan fingerprint density at radius 1 is 0.780 bits per heavy atom. The number of hydrogen-bond acceptors (Lipinski definition) is 3. The molecule has 0 unspecified atom stereocenters. The fraction of sp³-hybridized carbons (Fsp3) is 0.556. The largest absolute Gasteiger partial charge is 0.481 e. The first-order valence-electron chi connectivity index (χ1n) is 22.8. The smallest absolute Gasteiger partial charge is 0.303 e. The van der Waals surface area contributed by atoms with Crippen LogP contribution in [0.4, 0.5) is 0 Å². The Bertz CT molecular complexity index is 1740. The van der Waals surface area contributed by atoms with Gasteiger partial charge in [0, 0.05) is 31.2 Å². The Morgan fingerprint density at radius 3 is 1.93 bits per heavy atom. The molecule has 0 aliphatic heterocycles. The minimum Gasteiger partial charge on any atom is -0.481 e. The van der Waals surface area contributed by atoms with Crippen LogP contribution < -0.4 is 9.88 Å². The van der Waals surface area contributed by atoms with E-state index in [-0.39, 0.29) is 10.8 Å². The maximum absolute atomic E-state index is 9.60. The molecule has 0 amide bonds. The highest BCUT2D eigenvalue weighted by Crippen LogP contribution is 2.41. The Kier molecular flexibility index (Phi) is 24.2. The van der Waals surface area contributed by atoms with Crippen LogP contribution in [0.25, 0.3) is 12.2 Å². The molecule has 0 fully saturated rings. The van der Waals surface area contributed by atoms with Gasteiger partial charge in [0.2, 0.25) is 5.69 Å². The second-order valence-electron chi connectivity index (χ2n) is 18.1. The number of nitrogens with one attached hydrogen (secondary N) is 1. The van der Waals surface area contributed by atoms with E-state index < -0.39 is 5.97 Å². The van der Waals surface area contributed by atoms with Crippen LogP contribution in [0.1, 0.15) is 164 Å². The summed E-state index contributed by atoms with van der Waals surface area (Å²) < 4.78 is 8.35. The standard InChI is InChI=1S/C50H75N2O.C4H8O2/c1-11-12-13-14-32-51-33-36-53-37-35-52-34-29-45(24-16-20-41(3)26-28-48-44(6)23-18-31-50(48,9)10)39-46(52)38-42(4)21-15-19-40(2)25-27-47-43(5)22-17-30-49(47,7)8;1-2-3-4(5)6/h15-16,19-21,24-29,34,38-39,51H,11-14,17-18,22-23,30-33,35-37H2,1-10H3;2-3H2,1H3,(H,5,6)/q+1;/b21-15+,24-16+,27-25+,28-26+,40-19+,41-20+,42-38+;. The van der Waals surface area contributed by atoms with Crippen LogP contribution in [0, 0.1) is 10.8 Å². The lowest BCUT2D eigenvalue weighted by Gasteiger charge is -2.33. The fourth-order valence-corrected chi connectivity index (χ4v) is 7.93. The molecule has 0 spiro atoms. The minimum absolute atomic E-state index is 0.261. The van der Waals surface area contributed by atoms with E-state index in [1.54, 1.807) is 11.1 Å². The Hall–Kier alpha value is -3.80. The molecule has 1 aromatic heterocycles. The van der Waals surface area contributed by atoms with Gasteiger partial charge in [-0.1, -0.05) is 144 Å². The van der Waals surface area contributed by atoms with Crippen molar-refractivity contribution in [1.29, 1.82) is 0 Å². The highest BCUT2D eigenvalue weighted by molar-refractivity contribution is 5.66. The van der Waals surface area contributed by atoms with Gasteiger partial charge in [-0.2, -0.15) is 4.57 Å². The van der Waals surface area contributed by atoms with Crippen LogP contribution >= 0.6 is 0 Å². The number of carbonyl (C=O) groups is 1. The van der Waals surface area contributed by atoms with Crippen molar-refractivity contribution in [2.75, 3.05) is 26.3 Å². The predicted molar refractivity (Wildman–Crippen MR) is 255 cm³/mol. The Labute approximate surface area is 361 Å². The molecule has 0 saturated heterocycles. The lowest BCUT2D eigenvalue weighted by atomic mass is 9.72. The van der Waals surface area contributed by atoms with Gasteiger partial charge < -0.3 is 15.2 Å². The molecule has 326 valence electrons. The number of pyridine rings is 1. The summed E-state index contributed by atoms with van der Waals surface area (Å²) in [6.07, 6.45) is 40.7. The zero-order chi connectivity index (χ0) is 43.7. The number of carboxylic acids is 1. The number of ether oxygens (including phenoxy) is 1. The van der Waals surface area contributed by atoms with Crippen LogP contribution in [-0.2, 0) is 16.1 Å². The fourth-order valence-electron chi connectivity index (χ4n) is 7.93. The number of carboxylic acid groups (broad SMARTS) is 1. The SMILES string of the molecule is CCCC(=O)O.CCCCCCNCCOCC[n+]1ccc(/C=C/C=C(C)/C=C/C2=C(C)CCCC2(C)C)cc1/C=C(C)/C=C/C=C(C)/C=C/C1=C(C)CCCC1(C)C. The molecular formula is C54H83N2O3+. The van der Waals surface area contributed by atoms with Crippen molar-refractivity contribution in [2.24, 2.45) is 10.8 Å². The van der Waals surface area contributed by atoms with Crippen molar-refractivity contribution in [1.82, 2.24) is 5.32 Å². The average molecular weight is 808 g/mol. The minimum atomic E-state index is -0.711. The summed E-state index contributed by atoms with van der Waals surface area (Å²) in [5, 5.41) is 11.4. The molecule has 0 bridgehead atoms. The zero-order valence-electron chi connectivity index (χ0n) is 39.3. The molecule has 2 aliphatic rings. The number of nitrogens with zero attached hydrogens (tertiary/aromatic N) is 1.